The number of nitrogens with zero attached hydrogens (tertiary/aromatic N) is 1. The number of aliphatic hydroxyl groups excluding tert-OH is 1. The minimum Gasteiger partial charge on any atom is -0.390 e. The molecule has 2 fully saturated rings. The quantitative estimate of drug-likeness (QED) is 0.777. The zero-order valence-corrected chi connectivity index (χ0v) is 11.3. The molecule has 0 aromatic heterocycles. The van der Waals surface area contributed by atoms with Crippen LogP contribution in [0.5, 0.6) is 0 Å². The van der Waals surface area contributed by atoms with E-state index in [4.69, 9.17) is 11.6 Å². The fourth-order valence-corrected chi connectivity index (χ4v) is 2.63. The lowest BCUT2D eigenvalue weighted by molar-refractivity contribution is -0.121. The molecule has 0 aliphatic carbocycles. The topological polar surface area (TPSA) is 62.5 Å². The van der Waals surface area contributed by atoms with Crippen LogP contribution in [0.1, 0.15) is 11.5 Å². The zero-order chi connectivity index (χ0) is 13.4. The summed E-state index contributed by atoms with van der Waals surface area (Å²) in [5.41, 5.74) is 1.00. The number of hydrogen-bond acceptors (Lipinski definition) is 4. The maximum Gasteiger partial charge on any atom is 0.159 e. The molecule has 0 radical (unpaired) electrons. The molecule has 0 spiro atoms. The Balaban J connectivity index is 1.75. The van der Waals surface area contributed by atoms with Gasteiger partial charge in [-0.05, 0) is 17.7 Å². The minimum atomic E-state index is -0.236. The van der Waals surface area contributed by atoms with Crippen molar-refractivity contribution in [2.24, 2.45) is 0 Å². The van der Waals surface area contributed by atoms with E-state index < -0.39 is 0 Å². The molecule has 1 aromatic carbocycles. The van der Waals surface area contributed by atoms with E-state index in [9.17, 15) is 9.90 Å². The maximum absolute atomic E-state index is 12.4. The summed E-state index contributed by atoms with van der Waals surface area (Å²) in [6.45, 7) is 2.78. The highest BCUT2D eigenvalue weighted by atomic mass is 35.5. The van der Waals surface area contributed by atoms with Gasteiger partial charge in [0.25, 0.3) is 0 Å². The van der Waals surface area contributed by atoms with Crippen molar-refractivity contribution in [1.82, 2.24) is 10.2 Å². The Labute approximate surface area is 117 Å². The number of ketones is 1. The standard InChI is InChI=1S/C14H17ClN2O2/c15-10-3-1-9(2-4-10)12(14(19)13-5-16-13)8-17-6-11(18)7-17/h1-4,11-13,16,18H,5-8H2. The Bertz CT molecular complexity index is 467. The van der Waals surface area contributed by atoms with Crippen molar-refractivity contribution >= 4 is 17.4 Å². The summed E-state index contributed by atoms with van der Waals surface area (Å²) in [6.07, 6.45) is -0.236. The van der Waals surface area contributed by atoms with Gasteiger partial charge in [0.2, 0.25) is 0 Å². The number of aliphatic hydroxyl groups is 1. The highest BCUT2D eigenvalue weighted by molar-refractivity contribution is 6.30. The molecule has 0 amide bonds. The van der Waals surface area contributed by atoms with Crippen LogP contribution in [-0.2, 0) is 4.79 Å². The van der Waals surface area contributed by atoms with Crippen molar-refractivity contribution in [2.75, 3.05) is 26.2 Å². The first-order chi connectivity index (χ1) is 9.13. The Morgan fingerprint density at radius 3 is 2.58 bits per heavy atom. The van der Waals surface area contributed by atoms with E-state index in [0.29, 0.717) is 24.7 Å². The van der Waals surface area contributed by atoms with Crippen LogP contribution in [0.2, 0.25) is 5.02 Å². The van der Waals surface area contributed by atoms with Crippen molar-refractivity contribution in [3.63, 3.8) is 0 Å². The van der Waals surface area contributed by atoms with E-state index in [2.05, 4.69) is 10.2 Å². The number of Topliss-reactive ketones (excluding diaryl/α,β-unsaturated/α-hetero) is 1. The van der Waals surface area contributed by atoms with Crippen molar-refractivity contribution < 1.29 is 9.90 Å². The molecule has 2 heterocycles. The van der Waals surface area contributed by atoms with E-state index in [1.165, 1.54) is 0 Å². The number of likely N-dealkylation sites (tertiary alicyclic amines) is 1. The largest absolute Gasteiger partial charge is 0.390 e. The summed E-state index contributed by atoms with van der Waals surface area (Å²) in [5, 5.41) is 13.1. The molecule has 2 aliphatic heterocycles. The average Bonchev–Trinajstić information content (AvgIpc) is 3.18. The zero-order valence-electron chi connectivity index (χ0n) is 10.6. The molecule has 0 bridgehead atoms. The molecular formula is C14H17ClN2O2. The lowest BCUT2D eigenvalue weighted by atomic mass is 9.91. The first-order valence-electron chi connectivity index (χ1n) is 6.56. The summed E-state index contributed by atoms with van der Waals surface area (Å²) in [4.78, 5) is 14.5. The van der Waals surface area contributed by atoms with E-state index in [1.54, 1.807) is 0 Å². The number of carbonyl (C=O) groups excluding carboxylic acids is 1. The van der Waals surface area contributed by atoms with Crippen molar-refractivity contribution in [3.05, 3.63) is 34.9 Å². The predicted molar refractivity (Wildman–Crippen MR) is 73.4 cm³/mol. The van der Waals surface area contributed by atoms with Crippen molar-refractivity contribution in [3.8, 4) is 0 Å². The van der Waals surface area contributed by atoms with Gasteiger partial charge in [-0.2, -0.15) is 0 Å². The molecule has 0 saturated carbocycles. The SMILES string of the molecule is O=C(C1CN1)C(CN1CC(O)C1)c1ccc(Cl)cc1. The van der Waals surface area contributed by atoms with Crippen LogP contribution >= 0.6 is 11.6 Å². The molecule has 2 atom stereocenters. The highest BCUT2D eigenvalue weighted by Crippen LogP contribution is 2.25. The number of benzene rings is 1. The van der Waals surface area contributed by atoms with Gasteiger partial charge in [-0.25, -0.2) is 0 Å². The summed E-state index contributed by atoms with van der Waals surface area (Å²) < 4.78 is 0. The van der Waals surface area contributed by atoms with Gasteiger partial charge in [0, 0.05) is 31.2 Å². The molecule has 1 aromatic rings. The van der Waals surface area contributed by atoms with Gasteiger partial charge in [0.15, 0.2) is 5.78 Å². The normalized spacial score (nSPS) is 24.8. The number of hydrogen-bond donors (Lipinski definition) is 2. The van der Waals surface area contributed by atoms with Crippen LogP contribution in [-0.4, -0.2) is 54.1 Å². The van der Waals surface area contributed by atoms with Crippen LogP contribution in [0.4, 0.5) is 0 Å². The first kappa shape index (κ1) is 13.1. The molecule has 2 aliphatic rings. The third-order valence-corrected chi connectivity index (χ3v) is 4.00. The molecule has 2 unspecified atom stereocenters. The van der Waals surface area contributed by atoms with E-state index >= 15 is 0 Å². The number of β-amino-alcohol motifs (C(OH)–C–C–N with tert-alkyl or cyclic N) is 1. The second-order valence-corrected chi connectivity index (χ2v) is 5.78. The fraction of sp³-hybridized carbons (Fsp3) is 0.500. The molecule has 4 nitrogen and oxygen atoms in total. The Morgan fingerprint density at radius 1 is 1.42 bits per heavy atom. The Morgan fingerprint density at radius 2 is 2.05 bits per heavy atom. The third-order valence-electron chi connectivity index (χ3n) is 3.75. The van der Waals surface area contributed by atoms with Crippen LogP contribution in [0, 0.1) is 0 Å². The lowest BCUT2D eigenvalue weighted by Gasteiger charge is -2.38. The third kappa shape index (κ3) is 2.98. The molecule has 5 heteroatoms. The monoisotopic (exact) mass is 280 g/mol. The van der Waals surface area contributed by atoms with E-state index in [0.717, 1.165) is 12.1 Å². The average molecular weight is 281 g/mol. The minimum absolute atomic E-state index is 0.00637. The van der Waals surface area contributed by atoms with Crippen molar-refractivity contribution in [2.45, 2.75) is 18.1 Å². The molecule has 102 valence electrons. The second kappa shape index (κ2) is 5.21. The fourth-order valence-electron chi connectivity index (χ4n) is 2.51. The predicted octanol–water partition coefficient (Wildman–Crippen LogP) is 0.641. The molecular weight excluding hydrogens is 264 g/mol. The maximum atomic E-state index is 12.4. The van der Waals surface area contributed by atoms with Gasteiger partial charge >= 0.3 is 0 Å². The smallest absolute Gasteiger partial charge is 0.159 e. The number of halogens is 1. The van der Waals surface area contributed by atoms with Crippen LogP contribution in [0.25, 0.3) is 0 Å². The van der Waals surface area contributed by atoms with Crippen LogP contribution in [0.15, 0.2) is 24.3 Å². The number of rotatable bonds is 5. The molecule has 2 saturated heterocycles. The number of carbonyl (C=O) groups is 1. The summed E-state index contributed by atoms with van der Waals surface area (Å²) >= 11 is 5.89. The molecule has 3 rings (SSSR count). The van der Waals surface area contributed by atoms with Gasteiger partial charge < -0.3 is 10.4 Å². The van der Waals surface area contributed by atoms with Crippen molar-refractivity contribution in [1.29, 1.82) is 0 Å². The van der Waals surface area contributed by atoms with Gasteiger partial charge in [0.1, 0.15) is 0 Å². The van der Waals surface area contributed by atoms with Gasteiger partial charge in [0.05, 0.1) is 18.1 Å². The summed E-state index contributed by atoms with van der Waals surface area (Å²) in [7, 11) is 0. The molecule has 19 heavy (non-hydrogen) atoms. The van der Waals surface area contributed by atoms with Gasteiger partial charge in [-0.3, -0.25) is 9.69 Å². The summed E-state index contributed by atoms with van der Waals surface area (Å²) in [5.74, 6) is 0.105. The van der Waals surface area contributed by atoms with Crippen LogP contribution < -0.4 is 5.32 Å². The lowest BCUT2D eigenvalue weighted by Crippen LogP contribution is -2.52. The summed E-state index contributed by atoms with van der Waals surface area (Å²) in [6, 6.07) is 7.49. The van der Waals surface area contributed by atoms with Gasteiger partial charge in [-0.15, -0.1) is 0 Å². The molecule has 2 N–H and O–H groups in total. The van der Waals surface area contributed by atoms with Crippen LogP contribution in [0.3, 0.4) is 0 Å². The Kier molecular flexibility index (Phi) is 3.58. The number of nitrogens with one attached hydrogen (secondary N) is 1. The first-order valence-corrected chi connectivity index (χ1v) is 6.94. The highest BCUT2D eigenvalue weighted by Gasteiger charge is 2.37. The Hall–Kier alpha value is -0.940. The van der Waals surface area contributed by atoms with Gasteiger partial charge in [-0.1, -0.05) is 23.7 Å². The second-order valence-electron chi connectivity index (χ2n) is 5.34. The van der Waals surface area contributed by atoms with E-state index in [1.807, 2.05) is 24.3 Å². The van der Waals surface area contributed by atoms with E-state index in [-0.39, 0.29) is 23.8 Å².